The van der Waals surface area contributed by atoms with Gasteiger partial charge in [-0.3, -0.25) is 0 Å². The summed E-state index contributed by atoms with van der Waals surface area (Å²) in [6.45, 7) is 2.35. The van der Waals surface area contributed by atoms with Crippen molar-refractivity contribution in [2.45, 2.75) is 20.1 Å². The topological polar surface area (TPSA) is 130 Å². The van der Waals surface area contributed by atoms with Crippen LogP contribution in [0.25, 0.3) is 11.6 Å². The number of nitrogens with zero attached hydrogens (tertiary/aromatic N) is 4. The molecule has 32 heavy (non-hydrogen) atoms. The number of nitrogen functional groups attached to an aromatic ring is 1. The molecule has 0 amide bonds. The number of ether oxygens (including phenoxy) is 2. The third-order valence-corrected chi connectivity index (χ3v) is 4.80. The smallest absolute Gasteiger partial charge is 0.161 e. The highest BCUT2D eigenvalue weighted by Crippen LogP contribution is 2.31. The first-order valence-electron chi connectivity index (χ1n) is 9.86. The lowest BCUT2D eigenvalue weighted by Crippen LogP contribution is -2.07. The van der Waals surface area contributed by atoms with E-state index in [1.54, 1.807) is 24.3 Å². The van der Waals surface area contributed by atoms with Gasteiger partial charge in [-0.1, -0.05) is 35.9 Å². The molecule has 1 heterocycles. The molecule has 0 spiro atoms. The summed E-state index contributed by atoms with van der Waals surface area (Å²) < 4.78 is 12.7. The van der Waals surface area contributed by atoms with Gasteiger partial charge in [0.2, 0.25) is 0 Å². The van der Waals surface area contributed by atoms with Crippen LogP contribution in [0.4, 0.5) is 5.82 Å². The lowest BCUT2D eigenvalue weighted by molar-refractivity contribution is 0.270. The number of allylic oxidation sites excluding steroid dienone is 1. The molecule has 0 atom stereocenters. The van der Waals surface area contributed by atoms with Crippen LogP contribution in [0.5, 0.6) is 11.5 Å². The Morgan fingerprint density at radius 1 is 1.19 bits per heavy atom. The molecule has 3 rings (SSSR count). The second-order valence-electron chi connectivity index (χ2n) is 7.02. The van der Waals surface area contributed by atoms with E-state index in [-0.39, 0.29) is 35.8 Å². The maximum Gasteiger partial charge on any atom is 0.161 e. The van der Waals surface area contributed by atoms with Gasteiger partial charge in [0.05, 0.1) is 25.8 Å². The zero-order chi connectivity index (χ0) is 23.1. The number of hydrogen-bond donors (Lipinski definition) is 2. The van der Waals surface area contributed by atoms with E-state index in [1.807, 2.05) is 37.3 Å². The molecule has 8 heteroatoms. The van der Waals surface area contributed by atoms with Gasteiger partial charge in [-0.2, -0.15) is 15.6 Å². The Labute approximate surface area is 186 Å². The Bertz CT molecular complexity index is 1210. The predicted molar refractivity (Wildman–Crippen MR) is 120 cm³/mol. The van der Waals surface area contributed by atoms with Crippen molar-refractivity contribution >= 4 is 17.5 Å². The summed E-state index contributed by atoms with van der Waals surface area (Å²) in [7, 11) is 1.54. The Morgan fingerprint density at radius 3 is 2.56 bits per heavy atom. The minimum absolute atomic E-state index is 0.0938. The SMILES string of the molecule is COc1cc(/C=C(/C#N)c2nn(CCO)c(N)c2C#N)ccc1OCc1ccc(C)cc1. The third kappa shape index (κ3) is 4.89. The monoisotopic (exact) mass is 429 g/mol. The van der Waals surface area contributed by atoms with Crippen LogP contribution in [-0.2, 0) is 13.2 Å². The molecule has 8 nitrogen and oxygen atoms in total. The van der Waals surface area contributed by atoms with Crippen LogP contribution in [0, 0.1) is 29.6 Å². The summed E-state index contributed by atoms with van der Waals surface area (Å²) in [5.41, 5.74) is 9.24. The lowest BCUT2D eigenvalue weighted by atomic mass is 10.1. The number of benzene rings is 2. The van der Waals surface area contributed by atoms with Crippen LogP contribution < -0.4 is 15.2 Å². The maximum atomic E-state index is 9.68. The van der Waals surface area contributed by atoms with Crippen molar-refractivity contribution in [3.63, 3.8) is 0 Å². The van der Waals surface area contributed by atoms with Crippen molar-refractivity contribution in [1.29, 1.82) is 10.5 Å². The van der Waals surface area contributed by atoms with Crippen LogP contribution in [0.15, 0.2) is 42.5 Å². The van der Waals surface area contributed by atoms with Crippen molar-refractivity contribution in [2.24, 2.45) is 0 Å². The molecule has 0 aliphatic heterocycles. The number of hydrogen-bond acceptors (Lipinski definition) is 7. The Morgan fingerprint density at radius 2 is 1.94 bits per heavy atom. The molecule has 0 saturated heterocycles. The van der Waals surface area contributed by atoms with Gasteiger partial charge in [-0.05, 0) is 36.3 Å². The standard InChI is InChI=1S/C24H23N5O3/c1-16-3-5-17(6-4-16)15-32-21-8-7-18(12-22(21)31-2)11-19(13-25)23-20(14-26)24(27)29(28-23)9-10-30/h3-8,11-12,30H,9-10,15,27H2,1-2H3/b19-11-. The normalized spacial score (nSPS) is 11.0. The van der Waals surface area contributed by atoms with Crippen LogP contribution >= 0.6 is 0 Å². The maximum absolute atomic E-state index is 9.68. The fraction of sp³-hybridized carbons (Fsp3) is 0.208. The highest BCUT2D eigenvalue weighted by atomic mass is 16.5. The number of methoxy groups -OCH3 is 1. The van der Waals surface area contributed by atoms with Gasteiger partial charge in [-0.25, -0.2) is 4.68 Å². The zero-order valence-electron chi connectivity index (χ0n) is 17.9. The largest absolute Gasteiger partial charge is 0.493 e. The second kappa shape index (κ2) is 10.2. The highest BCUT2D eigenvalue weighted by molar-refractivity contribution is 5.91. The molecule has 3 aromatic rings. The summed E-state index contributed by atoms with van der Waals surface area (Å²) in [4.78, 5) is 0. The number of anilines is 1. The predicted octanol–water partition coefficient (Wildman–Crippen LogP) is 3.29. The van der Waals surface area contributed by atoms with E-state index < -0.39 is 0 Å². The second-order valence-corrected chi connectivity index (χ2v) is 7.02. The number of aromatic nitrogens is 2. The fourth-order valence-electron chi connectivity index (χ4n) is 3.10. The number of aliphatic hydroxyl groups is 1. The molecule has 162 valence electrons. The van der Waals surface area contributed by atoms with Crippen molar-refractivity contribution in [3.8, 4) is 23.6 Å². The Balaban J connectivity index is 1.89. The van der Waals surface area contributed by atoms with Gasteiger partial charge < -0.3 is 20.3 Å². The lowest BCUT2D eigenvalue weighted by Gasteiger charge is -2.12. The zero-order valence-corrected chi connectivity index (χ0v) is 17.9. The number of aliphatic hydroxyl groups excluding tert-OH is 1. The first-order valence-corrected chi connectivity index (χ1v) is 9.86. The average Bonchev–Trinajstić information content (AvgIpc) is 3.12. The van der Waals surface area contributed by atoms with E-state index in [4.69, 9.17) is 20.3 Å². The van der Waals surface area contributed by atoms with Gasteiger partial charge in [0.25, 0.3) is 0 Å². The highest BCUT2D eigenvalue weighted by Gasteiger charge is 2.19. The molecule has 0 aliphatic rings. The van der Waals surface area contributed by atoms with Gasteiger partial charge in [-0.15, -0.1) is 0 Å². The van der Waals surface area contributed by atoms with Crippen LogP contribution in [0.3, 0.4) is 0 Å². The van der Waals surface area contributed by atoms with E-state index in [0.29, 0.717) is 23.7 Å². The molecule has 0 bridgehead atoms. The number of rotatable bonds is 8. The molecule has 1 aromatic heterocycles. The molecule has 0 fully saturated rings. The Hall–Kier alpha value is -4.27. The van der Waals surface area contributed by atoms with E-state index in [0.717, 1.165) is 5.56 Å². The quantitative estimate of drug-likeness (QED) is 0.525. The summed E-state index contributed by atoms with van der Waals surface area (Å²) in [5, 5.41) is 32.5. The van der Waals surface area contributed by atoms with Crippen molar-refractivity contribution in [1.82, 2.24) is 9.78 Å². The van der Waals surface area contributed by atoms with E-state index in [9.17, 15) is 10.5 Å². The third-order valence-electron chi connectivity index (χ3n) is 4.80. The number of aryl methyl sites for hydroxylation is 1. The minimum Gasteiger partial charge on any atom is -0.493 e. The van der Waals surface area contributed by atoms with Gasteiger partial charge >= 0.3 is 0 Å². The molecule has 0 saturated carbocycles. The van der Waals surface area contributed by atoms with Crippen LogP contribution in [0.2, 0.25) is 0 Å². The number of nitrogens with two attached hydrogens (primary N) is 1. The first-order chi connectivity index (χ1) is 15.5. The van der Waals surface area contributed by atoms with Crippen molar-refractivity contribution in [2.75, 3.05) is 19.5 Å². The van der Waals surface area contributed by atoms with Crippen LogP contribution in [-0.4, -0.2) is 28.6 Å². The van der Waals surface area contributed by atoms with Gasteiger partial charge in [0, 0.05) is 0 Å². The van der Waals surface area contributed by atoms with Crippen molar-refractivity contribution < 1.29 is 14.6 Å². The van der Waals surface area contributed by atoms with E-state index >= 15 is 0 Å². The van der Waals surface area contributed by atoms with Gasteiger partial charge in [0.15, 0.2) is 11.5 Å². The summed E-state index contributed by atoms with van der Waals surface area (Å²) >= 11 is 0. The molecular formula is C24H23N5O3. The Kier molecular flexibility index (Phi) is 7.12. The van der Waals surface area contributed by atoms with Crippen LogP contribution in [0.1, 0.15) is 27.9 Å². The van der Waals surface area contributed by atoms with Crippen molar-refractivity contribution in [3.05, 3.63) is 70.4 Å². The minimum atomic E-state index is -0.191. The van der Waals surface area contributed by atoms with E-state index in [2.05, 4.69) is 11.2 Å². The summed E-state index contributed by atoms with van der Waals surface area (Å²) in [6, 6.07) is 17.4. The molecule has 2 aromatic carbocycles. The van der Waals surface area contributed by atoms with Gasteiger partial charge in [0.1, 0.15) is 35.8 Å². The average molecular weight is 429 g/mol. The molecular weight excluding hydrogens is 406 g/mol. The first kappa shape index (κ1) is 22.4. The fourth-order valence-corrected chi connectivity index (χ4v) is 3.10. The molecule has 0 aliphatic carbocycles. The molecule has 0 unspecified atom stereocenters. The number of nitriles is 2. The van der Waals surface area contributed by atoms with E-state index in [1.165, 1.54) is 17.4 Å². The molecule has 0 radical (unpaired) electrons. The summed E-state index contributed by atoms with van der Waals surface area (Å²) in [5.74, 6) is 1.18. The molecule has 3 N–H and O–H groups in total. The summed E-state index contributed by atoms with van der Waals surface area (Å²) in [6.07, 6.45) is 1.60.